The Hall–Kier alpha value is -3.50. The van der Waals surface area contributed by atoms with Gasteiger partial charge in [-0.1, -0.05) is 23.8 Å². The topological polar surface area (TPSA) is 88.8 Å². The van der Waals surface area contributed by atoms with E-state index < -0.39 is 11.7 Å². The number of alkyl halides is 3. The summed E-state index contributed by atoms with van der Waals surface area (Å²) < 4.78 is 42.6. The average Bonchev–Trinajstić information content (AvgIpc) is 3.52. The van der Waals surface area contributed by atoms with E-state index in [-0.39, 0.29) is 6.04 Å². The van der Waals surface area contributed by atoms with Crippen LogP contribution in [0.25, 0.3) is 17.0 Å². The molecule has 1 aliphatic carbocycles. The van der Waals surface area contributed by atoms with Crippen LogP contribution in [-0.4, -0.2) is 26.9 Å². The maximum absolute atomic E-state index is 12.8. The van der Waals surface area contributed by atoms with Gasteiger partial charge in [0.15, 0.2) is 5.82 Å². The fourth-order valence-corrected chi connectivity index (χ4v) is 5.09. The normalized spacial score (nSPS) is 14.6. The van der Waals surface area contributed by atoms with Gasteiger partial charge in [0.05, 0.1) is 11.1 Å². The second-order valence-corrected chi connectivity index (χ2v) is 9.90. The zero-order chi connectivity index (χ0) is 26.0. The maximum atomic E-state index is 12.8. The van der Waals surface area contributed by atoms with Crippen LogP contribution in [0.3, 0.4) is 0 Å². The first-order valence-electron chi connectivity index (χ1n) is 12.1. The fourth-order valence-electron chi connectivity index (χ4n) is 4.51. The Balaban J connectivity index is 1.20. The van der Waals surface area contributed by atoms with Crippen molar-refractivity contribution in [3.63, 3.8) is 0 Å². The standard InChI is InChI=1S/C27H27F3N6S/c1-16(15-24-35-26(37-36-24)33-18-11-9-17(10-12-18)27(28,29)30)21(31)13-14-32-25-19-5-2-3-7-22(19)34-23-8-4-6-20(23)25/h2-3,5,7,9-12,15,21H,4,6,8,13-14,31H2,1H3,(H,32,34)(H,33,35,36). The van der Waals surface area contributed by atoms with E-state index in [4.69, 9.17) is 10.7 Å². The number of anilines is 3. The third-order valence-corrected chi connectivity index (χ3v) is 7.17. The van der Waals surface area contributed by atoms with Crippen molar-refractivity contribution in [2.24, 2.45) is 5.73 Å². The Kier molecular flexibility index (Phi) is 7.12. The van der Waals surface area contributed by atoms with Crippen LogP contribution in [0.2, 0.25) is 0 Å². The summed E-state index contributed by atoms with van der Waals surface area (Å²) in [4.78, 5) is 9.26. The summed E-state index contributed by atoms with van der Waals surface area (Å²) in [5.41, 5.74) is 11.9. The van der Waals surface area contributed by atoms with E-state index in [1.54, 1.807) is 0 Å². The number of nitrogens with one attached hydrogen (secondary N) is 2. The number of nitrogens with zero attached hydrogens (tertiary/aromatic N) is 3. The first-order chi connectivity index (χ1) is 17.8. The highest BCUT2D eigenvalue weighted by Gasteiger charge is 2.30. The number of rotatable bonds is 8. The molecule has 6 nitrogen and oxygen atoms in total. The van der Waals surface area contributed by atoms with Crippen LogP contribution >= 0.6 is 11.5 Å². The Morgan fingerprint density at radius 1 is 1.11 bits per heavy atom. The van der Waals surface area contributed by atoms with Gasteiger partial charge in [-0.15, -0.1) is 0 Å². The van der Waals surface area contributed by atoms with Gasteiger partial charge in [0.2, 0.25) is 5.13 Å². The first kappa shape index (κ1) is 25.2. The zero-order valence-corrected chi connectivity index (χ0v) is 21.1. The van der Waals surface area contributed by atoms with E-state index in [0.29, 0.717) is 16.6 Å². The molecule has 0 radical (unpaired) electrons. The molecule has 5 rings (SSSR count). The minimum atomic E-state index is -4.36. The molecule has 0 spiro atoms. The van der Waals surface area contributed by atoms with E-state index in [9.17, 15) is 13.2 Å². The van der Waals surface area contributed by atoms with Crippen molar-refractivity contribution in [1.29, 1.82) is 0 Å². The molecular formula is C27H27F3N6S. The minimum absolute atomic E-state index is 0.177. The lowest BCUT2D eigenvalue weighted by atomic mass is 10.0. The molecule has 2 aromatic heterocycles. The number of hydrogen-bond donors (Lipinski definition) is 3. The molecule has 10 heteroatoms. The fraction of sp³-hybridized carbons (Fsp3) is 0.296. The van der Waals surface area contributed by atoms with Crippen LogP contribution < -0.4 is 16.4 Å². The summed E-state index contributed by atoms with van der Waals surface area (Å²) >= 11 is 1.14. The average molecular weight is 525 g/mol. The Morgan fingerprint density at radius 2 is 1.89 bits per heavy atom. The number of halogens is 3. The number of fused-ring (bicyclic) bond motifs is 2. The molecule has 2 aromatic carbocycles. The number of nitrogens with two attached hydrogens (primary N) is 1. The largest absolute Gasteiger partial charge is 0.416 e. The van der Waals surface area contributed by atoms with Gasteiger partial charge in [0.25, 0.3) is 0 Å². The van der Waals surface area contributed by atoms with Crippen molar-refractivity contribution in [2.45, 2.75) is 44.8 Å². The van der Waals surface area contributed by atoms with Crippen LogP contribution in [0.4, 0.5) is 29.7 Å². The molecule has 0 aliphatic heterocycles. The van der Waals surface area contributed by atoms with Gasteiger partial charge >= 0.3 is 6.18 Å². The third kappa shape index (κ3) is 5.75. The molecule has 0 fully saturated rings. The van der Waals surface area contributed by atoms with Crippen molar-refractivity contribution in [3.8, 4) is 0 Å². The van der Waals surface area contributed by atoms with Gasteiger partial charge in [-0.2, -0.15) is 22.5 Å². The molecule has 2 heterocycles. The Labute approximate surface area is 217 Å². The lowest BCUT2D eigenvalue weighted by molar-refractivity contribution is -0.137. The van der Waals surface area contributed by atoms with Gasteiger partial charge in [-0.25, -0.2) is 0 Å². The maximum Gasteiger partial charge on any atom is 0.416 e. The van der Waals surface area contributed by atoms with Gasteiger partial charge in [0.1, 0.15) is 0 Å². The summed E-state index contributed by atoms with van der Waals surface area (Å²) in [5.74, 6) is 0.512. The molecule has 1 atom stereocenters. The first-order valence-corrected chi connectivity index (χ1v) is 12.9. The molecule has 37 heavy (non-hydrogen) atoms. The second kappa shape index (κ2) is 10.5. The number of para-hydroxylation sites is 1. The van der Waals surface area contributed by atoms with E-state index in [1.807, 2.05) is 25.1 Å². The van der Waals surface area contributed by atoms with E-state index in [1.165, 1.54) is 29.1 Å². The van der Waals surface area contributed by atoms with Gasteiger partial charge in [-0.05, 0) is 74.6 Å². The van der Waals surface area contributed by atoms with E-state index >= 15 is 0 Å². The van der Waals surface area contributed by atoms with Gasteiger partial charge in [-0.3, -0.25) is 4.98 Å². The van der Waals surface area contributed by atoms with Crippen molar-refractivity contribution in [1.82, 2.24) is 14.3 Å². The van der Waals surface area contributed by atoms with Crippen LogP contribution in [0.1, 0.15) is 42.4 Å². The monoisotopic (exact) mass is 524 g/mol. The van der Waals surface area contributed by atoms with Crippen LogP contribution in [0, 0.1) is 0 Å². The highest BCUT2D eigenvalue weighted by Crippen LogP contribution is 2.34. The molecule has 0 saturated carbocycles. The van der Waals surface area contributed by atoms with Gasteiger partial charge in [0, 0.05) is 46.6 Å². The second-order valence-electron chi connectivity index (χ2n) is 9.15. The summed E-state index contributed by atoms with van der Waals surface area (Å²) in [6.07, 6.45) is 1.40. The van der Waals surface area contributed by atoms with Crippen molar-refractivity contribution in [3.05, 3.63) is 76.7 Å². The molecule has 1 unspecified atom stereocenters. The third-order valence-electron chi connectivity index (χ3n) is 6.52. The quantitative estimate of drug-likeness (QED) is 0.242. The molecule has 0 bridgehead atoms. The molecule has 1 aliphatic rings. The minimum Gasteiger partial charge on any atom is -0.384 e. The van der Waals surface area contributed by atoms with E-state index in [0.717, 1.165) is 72.4 Å². The predicted octanol–water partition coefficient (Wildman–Crippen LogP) is 6.57. The Morgan fingerprint density at radius 3 is 2.68 bits per heavy atom. The zero-order valence-electron chi connectivity index (χ0n) is 20.3. The van der Waals surface area contributed by atoms with Gasteiger partial charge < -0.3 is 16.4 Å². The van der Waals surface area contributed by atoms with E-state index in [2.05, 4.69) is 32.1 Å². The van der Waals surface area contributed by atoms with Crippen molar-refractivity contribution >= 4 is 45.0 Å². The van der Waals surface area contributed by atoms with Crippen LogP contribution in [0.5, 0.6) is 0 Å². The predicted molar refractivity (Wildman–Crippen MR) is 143 cm³/mol. The number of aromatic nitrogens is 3. The smallest absolute Gasteiger partial charge is 0.384 e. The molecular weight excluding hydrogens is 497 g/mol. The SMILES string of the molecule is CC(=Cc1nsc(Nc2ccc(C(F)(F)F)cc2)n1)C(N)CCNc1c2c(nc3ccccc13)CCC2. The number of aryl methyl sites for hydroxylation is 1. The van der Waals surface area contributed by atoms with Crippen molar-refractivity contribution in [2.75, 3.05) is 17.2 Å². The number of hydrogen-bond acceptors (Lipinski definition) is 7. The van der Waals surface area contributed by atoms with Crippen molar-refractivity contribution < 1.29 is 13.2 Å². The Bertz CT molecular complexity index is 1430. The highest BCUT2D eigenvalue weighted by atomic mass is 32.1. The molecule has 4 N–H and O–H groups in total. The lowest BCUT2D eigenvalue weighted by Crippen LogP contribution is -2.24. The molecule has 0 amide bonds. The molecule has 0 saturated heterocycles. The lowest BCUT2D eigenvalue weighted by Gasteiger charge is -2.17. The summed E-state index contributed by atoms with van der Waals surface area (Å²) in [5, 5.41) is 8.26. The summed E-state index contributed by atoms with van der Waals surface area (Å²) in [6, 6.07) is 12.8. The molecule has 192 valence electrons. The van der Waals surface area contributed by atoms with Crippen LogP contribution in [-0.2, 0) is 19.0 Å². The number of pyridine rings is 1. The molecule has 4 aromatic rings. The number of benzene rings is 2. The highest BCUT2D eigenvalue weighted by molar-refractivity contribution is 7.09. The summed E-state index contributed by atoms with van der Waals surface area (Å²) in [6.45, 7) is 2.67. The van der Waals surface area contributed by atoms with Crippen LogP contribution in [0.15, 0.2) is 54.1 Å². The summed E-state index contributed by atoms with van der Waals surface area (Å²) in [7, 11) is 0.